The molecule has 0 N–H and O–H groups in total. The molecule has 1 aromatic heterocycles. The fraction of sp³-hybridized carbons (Fsp3) is 0.500. The molecule has 0 aliphatic carbocycles. The zero-order valence-electron chi connectivity index (χ0n) is 5.81. The largest absolute Gasteiger partial charge is 0.230 e. The first-order valence-electron chi connectivity index (χ1n) is 2.86. The Morgan fingerprint density at radius 2 is 2.11 bits per heavy atom. The van der Waals surface area contributed by atoms with Gasteiger partial charge in [-0.15, -0.1) is 11.3 Å². The molecule has 0 amide bonds. The van der Waals surface area contributed by atoms with E-state index in [1.165, 1.54) is 0 Å². The number of aromatic nitrogens is 1. The number of thiazole rings is 1. The molecular weight excluding hydrogens is 154 g/mol. The van der Waals surface area contributed by atoms with Crippen molar-refractivity contribution in [3.63, 3.8) is 0 Å². The SMILES string of the molecule is CC.Cc1nc(Cl)cs1. The van der Waals surface area contributed by atoms with Crippen LogP contribution in [0.5, 0.6) is 0 Å². The first-order valence-corrected chi connectivity index (χ1v) is 4.12. The molecule has 1 aromatic rings. The highest BCUT2D eigenvalue weighted by Crippen LogP contribution is 2.11. The van der Waals surface area contributed by atoms with Gasteiger partial charge in [-0.3, -0.25) is 0 Å². The number of hydrogen-bond donors (Lipinski definition) is 0. The minimum Gasteiger partial charge on any atom is -0.230 e. The lowest BCUT2D eigenvalue weighted by molar-refractivity contribution is 1.30. The summed E-state index contributed by atoms with van der Waals surface area (Å²) in [5.41, 5.74) is 0. The van der Waals surface area contributed by atoms with E-state index in [-0.39, 0.29) is 0 Å². The van der Waals surface area contributed by atoms with Gasteiger partial charge in [0, 0.05) is 5.38 Å². The van der Waals surface area contributed by atoms with Gasteiger partial charge in [0.25, 0.3) is 0 Å². The van der Waals surface area contributed by atoms with Crippen molar-refractivity contribution in [3.05, 3.63) is 15.5 Å². The summed E-state index contributed by atoms with van der Waals surface area (Å²) in [7, 11) is 0. The van der Waals surface area contributed by atoms with E-state index in [0.29, 0.717) is 5.15 Å². The number of rotatable bonds is 0. The zero-order valence-corrected chi connectivity index (χ0v) is 7.38. The Morgan fingerprint density at radius 3 is 2.22 bits per heavy atom. The summed E-state index contributed by atoms with van der Waals surface area (Å²) < 4.78 is 0. The third-order valence-electron chi connectivity index (χ3n) is 0.591. The number of halogens is 1. The Kier molecular flexibility index (Phi) is 4.72. The van der Waals surface area contributed by atoms with Crippen LogP contribution in [0, 0.1) is 6.92 Å². The monoisotopic (exact) mass is 163 g/mol. The average molecular weight is 164 g/mol. The second-order valence-corrected chi connectivity index (χ2v) is 2.64. The topological polar surface area (TPSA) is 12.9 Å². The van der Waals surface area contributed by atoms with E-state index >= 15 is 0 Å². The Labute approximate surface area is 64.7 Å². The van der Waals surface area contributed by atoms with Crippen LogP contribution in [-0.2, 0) is 0 Å². The van der Waals surface area contributed by atoms with E-state index in [4.69, 9.17) is 11.6 Å². The zero-order chi connectivity index (χ0) is 7.28. The lowest BCUT2D eigenvalue weighted by Crippen LogP contribution is -1.61. The lowest BCUT2D eigenvalue weighted by atomic mass is 10.8. The van der Waals surface area contributed by atoms with Crippen molar-refractivity contribution in [2.45, 2.75) is 20.8 Å². The Bertz CT molecular complexity index is 145. The highest BCUT2D eigenvalue weighted by Gasteiger charge is 1.88. The highest BCUT2D eigenvalue weighted by atomic mass is 35.5. The van der Waals surface area contributed by atoms with Gasteiger partial charge in [0.15, 0.2) is 0 Å². The molecule has 0 atom stereocenters. The van der Waals surface area contributed by atoms with E-state index in [2.05, 4.69) is 4.98 Å². The van der Waals surface area contributed by atoms with E-state index in [1.807, 2.05) is 26.2 Å². The van der Waals surface area contributed by atoms with Gasteiger partial charge in [0.05, 0.1) is 5.01 Å². The van der Waals surface area contributed by atoms with Gasteiger partial charge < -0.3 is 0 Å². The van der Waals surface area contributed by atoms with Gasteiger partial charge in [-0.2, -0.15) is 0 Å². The second-order valence-electron chi connectivity index (χ2n) is 1.19. The summed E-state index contributed by atoms with van der Waals surface area (Å²) in [5.74, 6) is 0. The molecular formula is C6H10ClNS. The molecule has 0 saturated carbocycles. The molecule has 0 radical (unpaired) electrons. The second kappa shape index (κ2) is 4.77. The van der Waals surface area contributed by atoms with Crippen LogP contribution in [0.4, 0.5) is 0 Å². The van der Waals surface area contributed by atoms with Gasteiger partial charge in [-0.1, -0.05) is 25.4 Å². The molecule has 9 heavy (non-hydrogen) atoms. The summed E-state index contributed by atoms with van der Waals surface area (Å²) in [6, 6.07) is 0. The Balaban J connectivity index is 0.000000291. The maximum absolute atomic E-state index is 5.46. The molecule has 0 saturated heterocycles. The number of nitrogens with zero attached hydrogens (tertiary/aromatic N) is 1. The van der Waals surface area contributed by atoms with Crippen LogP contribution in [-0.4, -0.2) is 4.98 Å². The smallest absolute Gasteiger partial charge is 0.140 e. The van der Waals surface area contributed by atoms with Crippen LogP contribution >= 0.6 is 22.9 Å². The first kappa shape index (κ1) is 8.92. The fourth-order valence-electron chi connectivity index (χ4n) is 0.337. The molecule has 0 aromatic carbocycles. The van der Waals surface area contributed by atoms with Crippen LogP contribution in [0.3, 0.4) is 0 Å². The highest BCUT2D eigenvalue weighted by molar-refractivity contribution is 7.09. The van der Waals surface area contributed by atoms with Gasteiger partial charge in [0.1, 0.15) is 5.15 Å². The van der Waals surface area contributed by atoms with E-state index in [1.54, 1.807) is 11.3 Å². The van der Waals surface area contributed by atoms with Crippen molar-refractivity contribution < 1.29 is 0 Å². The van der Waals surface area contributed by atoms with Crippen LogP contribution in [0.15, 0.2) is 5.38 Å². The molecule has 52 valence electrons. The van der Waals surface area contributed by atoms with Crippen LogP contribution in [0.2, 0.25) is 5.15 Å². The lowest BCUT2D eigenvalue weighted by Gasteiger charge is -1.68. The third-order valence-corrected chi connectivity index (χ3v) is 1.69. The molecule has 1 rings (SSSR count). The number of aryl methyl sites for hydroxylation is 1. The van der Waals surface area contributed by atoms with Crippen molar-refractivity contribution >= 4 is 22.9 Å². The Morgan fingerprint density at radius 1 is 1.56 bits per heavy atom. The van der Waals surface area contributed by atoms with Gasteiger partial charge in [-0.25, -0.2) is 4.98 Å². The normalized spacial score (nSPS) is 8.00. The molecule has 0 spiro atoms. The van der Waals surface area contributed by atoms with Crippen molar-refractivity contribution in [2.75, 3.05) is 0 Å². The van der Waals surface area contributed by atoms with Gasteiger partial charge in [-0.05, 0) is 6.92 Å². The van der Waals surface area contributed by atoms with Crippen molar-refractivity contribution in [2.24, 2.45) is 0 Å². The van der Waals surface area contributed by atoms with Crippen LogP contribution < -0.4 is 0 Å². The molecule has 3 heteroatoms. The first-order chi connectivity index (χ1) is 4.29. The van der Waals surface area contributed by atoms with Crippen molar-refractivity contribution in [1.82, 2.24) is 4.98 Å². The summed E-state index contributed by atoms with van der Waals surface area (Å²) in [6.07, 6.45) is 0. The summed E-state index contributed by atoms with van der Waals surface area (Å²) in [4.78, 5) is 3.90. The van der Waals surface area contributed by atoms with Crippen LogP contribution in [0.25, 0.3) is 0 Å². The standard InChI is InChI=1S/C4H4ClNS.C2H6/c1-3-6-4(5)2-7-3;1-2/h2H,1H3;1-2H3. The Hall–Kier alpha value is -0.0800. The maximum atomic E-state index is 5.46. The molecule has 0 aliphatic heterocycles. The van der Waals surface area contributed by atoms with E-state index in [0.717, 1.165) is 5.01 Å². The minimum atomic E-state index is 0.600. The van der Waals surface area contributed by atoms with E-state index < -0.39 is 0 Å². The molecule has 0 bridgehead atoms. The third kappa shape index (κ3) is 3.49. The molecule has 0 fully saturated rings. The fourth-order valence-corrected chi connectivity index (χ4v) is 1.12. The van der Waals surface area contributed by atoms with Crippen LogP contribution in [0.1, 0.15) is 18.9 Å². The molecule has 0 aliphatic rings. The average Bonchev–Trinajstić information content (AvgIpc) is 2.20. The van der Waals surface area contributed by atoms with Crippen molar-refractivity contribution in [3.8, 4) is 0 Å². The van der Waals surface area contributed by atoms with Gasteiger partial charge in [0.2, 0.25) is 0 Å². The predicted molar refractivity (Wildman–Crippen MR) is 43.2 cm³/mol. The molecule has 1 heterocycles. The van der Waals surface area contributed by atoms with E-state index in [9.17, 15) is 0 Å². The van der Waals surface area contributed by atoms with Gasteiger partial charge >= 0.3 is 0 Å². The molecule has 0 unspecified atom stereocenters. The predicted octanol–water partition coefficient (Wildman–Crippen LogP) is 3.13. The number of hydrogen-bond acceptors (Lipinski definition) is 2. The van der Waals surface area contributed by atoms with Crippen molar-refractivity contribution in [1.29, 1.82) is 0 Å². The molecule has 1 nitrogen and oxygen atoms in total. The summed E-state index contributed by atoms with van der Waals surface area (Å²) >= 11 is 7.02. The summed E-state index contributed by atoms with van der Waals surface area (Å²) in [6.45, 7) is 5.93. The quantitative estimate of drug-likeness (QED) is 0.573. The summed E-state index contributed by atoms with van der Waals surface area (Å²) in [5, 5.41) is 3.43. The minimum absolute atomic E-state index is 0.600. The maximum Gasteiger partial charge on any atom is 0.140 e.